The molecule has 1 fully saturated rings. The lowest BCUT2D eigenvalue weighted by atomic mass is 9.95. The van der Waals surface area contributed by atoms with E-state index in [2.05, 4.69) is 18.7 Å². The van der Waals surface area contributed by atoms with Crippen LogP contribution < -0.4 is 0 Å². The van der Waals surface area contributed by atoms with Crippen LogP contribution >= 0.6 is 0 Å². The molecule has 0 aromatic heterocycles. The van der Waals surface area contributed by atoms with Crippen molar-refractivity contribution >= 4 is 0 Å². The molecule has 4 atom stereocenters. The number of methoxy groups -OCH3 is 1. The van der Waals surface area contributed by atoms with Crippen molar-refractivity contribution in [1.29, 1.82) is 0 Å². The molecule has 0 aliphatic carbocycles. The molecule has 18 heavy (non-hydrogen) atoms. The van der Waals surface area contributed by atoms with Gasteiger partial charge in [-0.05, 0) is 32.6 Å². The normalized spacial score (nSPS) is 29.2. The highest BCUT2D eigenvalue weighted by atomic mass is 16.5. The predicted octanol–water partition coefficient (Wildman–Crippen LogP) is 1.52. The molecule has 108 valence electrons. The van der Waals surface area contributed by atoms with Crippen molar-refractivity contribution in [2.45, 2.75) is 51.9 Å². The highest BCUT2D eigenvalue weighted by molar-refractivity contribution is 4.78. The third-order valence-corrected chi connectivity index (χ3v) is 3.67. The molecule has 4 unspecified atom stereocenters. The summed E-state index contributed by atoms with van der Waals surface area (Å²) in [4.78, 5) is 2.38. The SMILES string of the molecule is COCC(C)OCC(O)CN1CC(C)CCC1C. The van der Waals surface area contributed by atoms with Crippen LogP contribution in [-0.2, 0) is 9.47 Å². The molecule has 0 spiro atoms. The van der Waals surface area contributed by atoms with Crippen LogP contribution in [0, 0.1) is 5.92 Å². The van der Waals surface area contributed by atoms with Gasteiger partial charge in [0.2, 0.25) is 0 Å². The van der Waals surface area contributed by atoms with E-state index in [1.807, 2.05) is 6.92 Å². The van der Waals surface area contributed by atoms with E-state index in [0.29, 0.717) is 25.8 Å². The van der Waals surface area contributed by atoms with Crippen LogP contribution in [0.2, 0.25) is 0 Å². The van der Waals surface area contributed by atoms with Crippen molar-refractivity contribution in [2.75, 3.05) is 33.4 Å². The van der Waals surface area contributed by atoms with Crippen molar-refractivity contribution in [3.05, 3.63) is 0 Å². The van der Waals surface area contributed by atoms with E-state index in [-0.39, 0.29) is 6.10 Å². The maximum Gasteiger partial charge on any atom is 0.0900 e. The number of hydrogen-bond acceptors (Lipinski definition) is 4. The Morgan fingerprint density at radius 2 is 2.00 bits per heavy atom. The molecule has 1 heterocycles. The van der Waals surface area contributed by atoms with E-state index < -0.39 is 6.10 Å². The number of hydrogen-bond donors (Lipinski definition) is 1. The van der Waals surface area contributed by atoms with Crippen LogP contribution in [-0.4, -0.2) is 61.7 Å². The second-order valence-corrected chi connectivity index (χ2v) is 5.74. The number of aliphatic hydroxyl groups excluding tert-OH is 1. The fourth-order valence-electron chi connectivity index (χ4n) is 2.52. The molecule has 4 heteroatoms. The van der Waals surface area contributed by atoms with Gasteiger partial charge in [-0.3, -0.25) is 4.90 Å². The van der Waals surface area contributed by atoms with Crippen LogP contribution in [0.3, 0.4) is 0 Å². The maximum atomic E-state index is 10.0. The first-order chi connectivity index (χ1) is 8.52. The highest BCUT2D eigenvalue weighted by Crippen LogP contribution is 2.21. The maximum absolute atomic E-state index is 10.0. The first-order valence-corrected chi connectivity index (χ1v) is 7.05. The number of ether oxygens (including phenoxy) is 2. The second-order valence-electron chi connectivity index (χ2n) is 5.74. The number of β-amino-alcohol motifs (C(OH)–C–C–N with tert-alkyl or cyclic N) is 1. The molecule has 0 amide bonds. The lowest BCUT2D eigenvalue weighted by Crippen LogP contribution is -2.46. The quantitative estimate of drug-likeness (QED) is 0.753. The molecule has 0 saturated carbocycles. The molecule has 0 aromatic carbocycles. The molecule has 4 nitrogen and oxygen atoms in total. The summed E-state index contributed by atoms with van der Waals surface area (Å²) in [6.07, 6.45) is 2.17. The van der Waals surface area contributed by atoms with Gasteiger partial charge in [-0.15, -0.1) is 0 Å². The van der Waals surface area contributed by atoms with Gasteiger partial charge in [-0.1, -0.05) is 6.92 Å². The van der Waals surface area contributed by atoms with Crippen LogP contribution in [0.5, 0.6) is 0 Å². The molecular weight excluding hydrogens is 230 g/mol. The Labute approximate surface area is 111 Å². The Kier molecular flexibility index (Phi) is 7.15. The molecule has 1 aliphatic rings. The zero-order valence-corrected chi connectivity index (χ0v) is 12.3. The molecular formula is C14H29NO3. The highest BCUT2D eigenvalue weighted by Gasteiger charge is 2.24. The zero-order chi connectivity index (χ0) is 13.5. The first-order valence-electron chi connectivity index (χ1n) is 7.05. The smallest absolute Gasteiger partial charge is 0.0900 e. The number of rotatable bonds is 7. The zero-order valence-electron chi connectivity index (χ0n) is 12.3. The predicted molar refractivity (Wildman–Crippen MR) is 72.7 cm³/mol. The van der Waals surface area contributed by atoms with Crippen molar-refractivity contribution < 1.29 is 14.6 Å². The monoisotopic (exact) mass is 259 g/mol. The van der Waals surface area contributed by atoms with E-state index in [9.17, 15) is 5.11 Å². The minimum atomic E-state index is -0.406. The van der Waals surface area contributed by atoms with Gasteiger partial charge in [0.1, 0.15) is 0 Å². The minimum Gasteiger partial charge on any atom is -0.389 e. The lowest BCUT2D eigenvalue weighted by molar-refractivity contribution is -0.0463. The standard InChI is InChI=1S/C14H29NO3/c1-11-5-6-12(2)15(7-11)8-14(16)10-18-13(3)9-17-4/h11-14,16H,5-10H2,1-4H3. The number of piperidine rings is 1. The van der Waals surface area contributed by atoms with Gasteiger partial charge in [-0.25, -0.2) is 0 Å². The topological polar surface area (TPSA) is 41.9 Å². The average molecular weight is 259 g/mol. The van der Waals surface area contributed by atoms with Crippen molar-refractivity contribution in [2.24, 2.45) is 5.92 Å². The summed E-state index contributed by atoms with van der Waals surface area (Å²) in [5.41, 5.74) is 0. The molecule has 1 aliphatic heterocycles. The molecule has 0 radical (unpaired) electrons. The van der Waals surface area contributed by atoms with E-state index in [4.69, 9.17) is 9.47 Å². The minimum absolute atomic E-state index is 0.0438. The van der Waals surface area contributed by atoms with Crippen molar-refractivity contribution in [3.63, 3.8) is 0 Å². The van der Waals surface area contributed by atoms with Crippen LogP contribution in [0.25, 0.3) is 0 Å². The van der Waals surface area contributed by atoms with Crippen molar-refractivity contribution in [1.82, 2.24) is 4.90 Å². The third-order valence-electron chi connectivity index (χ3n) is 3.67. The summed E-state index contributed by atoms with van der Waals surface area (Å²) in [6, 6.07) is 0.576. The van der Waals surface area contributed by atoms with E-state index in [1.165, 1.54) is 12.8 Å². The Balaban J connectivity index is 2.23. The summed E-state index contributed by atoms with van der Waals surface area (Å²) in [5, 5.41) is 10.0. The Hall–Kier alpha value is -0.160. The summed E-state index contributed by atoms with van der Waals surface area (Å²) >= 11 is 0. The van der Waals surface area contributed by atoms with Gasteiger partial charge in [0.05, 0.1) is 25.4 Å². The van der Waals surface area contributed by atoms with Gasteiger partial charge < -0.3 is 14.6 Å². The second kappa shape index (κ2) is 8.10. The van der Waals surface area contributed by atoms with Gasteiger partial charge in [0, 0.05) is 26.2 Å². The molecule has 0 aromatic rings. The lowest BCUT2D eigenvalue weighted by Gasteiger charge is -2.37. The van der Waals surface area contributed by atoms with E-state index in [0.717, 1.165) is 12.5 Å². The fraction of sp³-hybridized carbons (Fsp3) is 1.00. The number of likely N-dealkylation sites (tertiary alicyclic amines) is 1. The average Bonchev–Trinajstić information content (AvgIpc) is 2.32. The van der Waals surface area contributed by atoms with Crippen molar-refractivity contribution in [3.8, 4) is 0 Å². The molecule has 0 bridgehead atoms. The first kappa shape index (κ1) is 15.9. The Bertz CT molecular complexity index is 225. The third kappa shape index (κ3) is 5.65. The van der Waals surface area contributed by atoms with Gasteiger partial charge in [-0.2, -0.15) is 0 Å². The summed E-state index contributed by atoms with van der Waals surface area (Å²) in [7, 11) is 1.66. The Morgan fingerprint density at radius 1 is 1.28 bits per heavy atom. The number of nitrogens with zero attached hydrogens (tertiary/aromatic N) is 1. The molecule has 1 rings (SSSR count). The largest absolute Gasteiger partial charge is 0.389 e. The van der Waals surface area contributed by atoms with Gasteiger partial charge in [0.25, 0.3) is 0 Å². The summed E-state index contributed by atoms with van der Waals surface area (Å²) < 4.78 is 10.5. The molecule has 1 N–H and O–H groups in total. The summed E-state index contributed by atoms with van der Waals surface area (Å²) in [6.45, 7) is 9.25. The number of aliphatic hydroxyl groups is 1. The fourth-order valence-corrected chi connectivity index (χ4v) is 2.52. The molecule has 1 saturated heterocycles. The van der Waals surface area contributed by atoms with E-state index in [1.54, 1.807) is 7.11 Å². The Morgan fingerprint density at radius 3 is 2.67 bits per heavy atom. The van der Waals surface area contributed by atoms with E-state index >= 15 is 0 Å². The van der Waals surface area contributed by atoms with Gasteiger partial charge in [0.15, 0.2) is 0 Å². The summed E-state index contributed by atoms with van der Waals surface area (Å²) in [5.74, 6) is 0.738. The van der Waals surface area contributed by atoms with Crippen LogP contribution in [0.4, 0.5) is 0 Å². The van der Waals surface area contributed by atoms with Crippen LogP contribution in [0.1, 0.15) is 33.6 Å². The van der Waals surface area contributed by atoms with Gasteiger partial charge >= 0.3 is 0 Å². The van der Waals surface area contributed by atoms with Crippen LogP contribution in [0.15, 0.2) is 0 Å².